The Hall–Kier alpha value is -3.36. The van der Waals surface area contributed by atoms with E-state index in [2.05, 4.69) is 5.10 Å². The highest BCUT2D eigenvalue weighted by molar-refractivity contribution is 5.93. The van der Waals surface area contributed by atoms with Crippen molar-refractivity contribution in [3.63, 3.8) is 0 Å². The van der Waals surface area contributed by atoms with Crippen molar-refractivity contribution in [3.05, 3.63) is 77.4 Å². The lowest BCUT2D eigenvalue weighted by molar-refractivity contribution is -0.137. The quantitative estimate of drug-likeness (QED) is 0.580. The molecule has 5 nitrogen and oxygen atoms in total. The molecule has 2 aromatic carbocycles. The van der Waals surface area contributed by atoms with E-state index < -0.39 is 17.6 Å². The minimum Gasteiger partial charge on any atom is -0.368 e. The second kappa shape index (κ2) is 8.05. The molecule has 0 aliphatic carbocycles. The van der Waals surface area contributed by atoms with Crippen molar-refractivity contribution in [2.75, 3.05) is 31.1 Å². The largest absolute Gasteiger partial charge is 0.416 e. The van der Waals surface area contributed by atoms with Crippen LogP contribution in [-0.2, 0) is 6.18 Å². The highest BCUT2D eigenvalue weighted by Gasteiger charge is 2.31. The fraction of sp³-hybridized carbons (Fsp3) is 0.273. The maximum atomic E-state index is 13.6. The highest BCUT2D eigenvalue weighted by Crippen LogP contribution is 2.32. The second-order valence-electron chi connectivity index (χ2n) is 7.39. The molecular formula is C22H20F4N4O. The van der Waals surface area contributed by atoms with E-state index in [0.29, 0.717) is 48.9 Å². The Morgan fingerprint density at radius 1 is 0.935 bits per heavy atom. The number of hydrogen-bond donors (Lipinski definition) is 0. The van der Waals surface area contributed by atoms with Crippen LogP contribution in [0.25, 0.3) is 5.69 Å². The Kier molecular flexibility index (Phi) is 5.43. The minimum absolute atomic E-state index is 0.256. The molecule has 3 aromatic rings. The predicted molar refractivity (Wildman–Crippen MR) is 108 cm³/mol. The zero-order valence-corrected chi connectivity index (χ0v) is 16.7. The van der Waals surface area contributed by atoms with Gasteiger partial charge >= 0.3 is 6.18 Å². The molecule has 0 spiro atoms. The minimum atomic E-state index is -4.40. The number of carbonyl (C=O) groups is 1. The van der Waals surface area contributed by atoms with E-state index in [9.17, 15) is 22.4 Å². The molecule has 0 unspecified atom stereocenters. The zero-order valence-electron chi connectivity index (χ0n) is 16.7. The maximum Gasteiger partial charge on any atom is 0.416 e. The topological polar surface area (TPSA) is 41.4 Å². The standard InChI is InChI=1S/C22H20F4N4O/c1-15-12-20(30(27-15)19-7-3-5-17(23)14-19)21(31)29-10-8-28(9-11-29)18-6-2-4-16(13-18)22(24,25)26/h2-7,12-14H,8-11H2,1H3. The summed E-state index contributed by atoms with van der Waals surface area (Å²) in [5, 5.41) is 4.32. The van der Waals surface area contributed by atoms with E-state index >= 15 is 0 Å². The molecule has 9 heteroatoms. The predicted octanol–water partition coefficient (Wildman–Crippen LogP) is 4.30. The van der Waals surface area contributed by atoms with Gasteiger partial charge in [-0.1, -0.05) is 12.1 Å². The van der Waals surface area contributed by atoms with Gasteiger partial charge in [0, 0.05) is 31.9 Å². The molecule has 162 valence electrons. The van der Waals surface area contributed by atoms with Gasteiger partial charge in [-0.05, 0) is 49.4 Å². The SMILES string of the molecule is Cc1cc(C(=O)N2CCN(c3cccc(C(F)(F)F)c3)CC2)n(-c2cccc(F)c2)n1. The number of alkyl halides is 3. The van der Waals surface area contributed by atoms with Crippen LogP contribution >= 0.6 is 0 Å². The number of nitrogens with zero attached hydrogens (tertiary/aromatic N) is 4. The van der Waals surface area contributed by atoms with E-state index in [1.807, 2.05) is 4.90 Å². The number of hydrogen-bond acceptors (Lipinski definition) is 3. The number of amides is 1. The summed E-state index contributed by atoms with van der Waals surface area (Å²) >= 11 is 0. The summed E-state index contributed by atoms with van der Waals surface area (Å²) in [6.07, 6.45) is -4.40. The molecule has 0 bridgehead atoms. The van der Waals surface area contributed by atoms with Gasteiger partial charge in [-0.2, -0.15) is 18.3 Å². The van der Waals surface area contributed by atoms with Crippen LogP contribution in [0.3, 0.4) is 0 Å². The van der Waals surface area contributed by atoms with Gasteiger partial charge in [0.2, 0.25) is 0 Å². The number of aromatic nitrogens is 2. The van der Waals surface area contributed by atoms with Crippen molar-refractivity contribution in [1.29, 1.82) is 0 Å². The molecule has 1 amide bonds. The maximum absolute atomic E-state index is 13.6. The number of rotatable bonds is 3. The van der Waals surface area contributed by atoms with Crippen LogP contribution in [0.15, 0.2) is 54.6 Å². The Bertz CT molecular complexity index is 1100. The molecule has 0 radical (unpaired) electrons. The molecule has 0 atom stereocenters. The molecule has 1 fully saturated rings. The molecule has 1 aromatic heterocycles. The molecule has 0 saturated carbocycles. The fourth-order valence-electron chi connectivity index (χ4n) is 3.67. The van der Waals surface area contributed by atoms with Crippen molar-refractivity contribution in [1.82, 2.24) is 14.7 Å². The van der Waals surface area contributed by atoms with E-state index in [4.69, 9.17) is 0 Å². The average molecular weight is 432 g/mol. The summed E-state index contributed by atoms with van der Waals surface area (Å²) in [6, 6.07) is 12.7. The van der Waals surface area contributed by atoms with E-state index in [0.717, 1.165) is 12.1 Å². The lowest BCUT2D eigenvalue weighted by Crippen LogP contribution is -2.49. The lowest BCUT2D eigenvalue weighted by atomic mass is 10.1. The number of benzene rings is 2. The van der Waals surface area contributed by atoms with Crippen LogP contribution in [0.5, 0.6) is 0 Å². The van der Waals surface area contributed by atoms with Crippen LogP contribution in [0.1, 0.15) is 21.7 Å². The van der Waals surface area contributed by atoms with E-state index in [1.165, 1.54) is 22.9 Å². The first kappa shape index (κ1) is 20.9. The molecule has 4 rings (SSSR count). The normalized spacial score (nSPS) is 14.7. The molecule has 31 heavy (non-hydrogen) atoms. The monoisotopic (exact) mass is 432 g/mol. The van der Waals surface area contributed by atoms with E-state index in [1.54, 1.807) is 36.1 Å². The van der Waals surface area contributed by atoms with Gasteiger partial charge in [0.15, 0.2) is 0 Å². The molecule has 1 aliphatic rings. The third kappa shape index (κ3) is 4.40. The first-order valence-electron chi connectivity index (χ1n) is 9.76. The lowest BCUT2D eigenvalue weighted by Gasteiger charge is -2.36. The Morgan fingerprint density at radius 2 is 1.61 bits per heavy atom. The third-order valence-corrected chi connectivity index (χ3v) is 5.21. The van der Waals surface area contributed by atoms with Gasteiger partial charge < -0.3 is 9.80 Å². The fourth-order valence-corrected chi connectivity index (χ4v) is 3.67. The summed E-state index contributed by atoms with van der Waals surface area (Å²) in [5.41, 5.74) is 1.16. The summed E-state index contributed by atoms with van der Waals surface area (Å²) in [6.45, 7) is 3.25. The molecule has 1 saturated heterocycles. The van der Waals surface area contributed by atoms with Crippen LogP contribution in [0.4, 0.5) is 23.2 Å². The van der Waals surface area contributed by atoms with Gasteiger partial charge in [0.05, 0.1) is 16.9 Å². The molecular weight excluding hydrogens is 412 g/mol. The average Bonchev–Trinajstić information content (AvgIpc) is 3.14. The highest BCUT2D eigenvalue weighted by atomic mass is 19.4. The van der Waals surface area contributed by atoms with E-state index in [-0.39, 0.29) is 5.91 Å². The summed E-state index contributed by atoms with van der Waals surface area (Å²) in [7, 11) is 0. The van der Waals surface area contributed by atoms with Gasteiger partial charge in [-0.3, -0.25) is 4.79 Å². The molecule has 2 heterocycles. The first-order chi connectivity index (χ1) is 14.7. The van der Waals surface area contributed by atoms with Crippen LogP contribution in [0, 0.1) is 12.7 Å². The van der Waals surface area contributed by atoms with Gasteiger partial charge in [-0.25, -0.2) is 9.07 Å². The van der Waals surface area contributed by atoms with Crippen molar-refractivity contribution in [2.45, 2.75) is 13.1 Å². The van der Waals surface area contributed by atoms with Gasteiger partial charge in [-0.15, -0.1) is 0 Å². The number of anilines is 1. The first-order valence-corrected chi connectivity index (χ1v) is 9.76. The van der Waals surface area contributed by atoms with Crippen LogP contribution in [0.2, 0.25) is 0 Å². The van der Waals surface area contributed by atoms with Crippen LogP contribution < -0.4 is 4.90 Å². The smallest absolute Gasteiger partial charge is 0.368 e. The van der Waals surface area contributed by atoms with Crippen molar-refractivity contribution >= 4 is 11.6 Å². The molecule has 1 aliphatic heterocycles. The summed E-state index contributed by atoms with van der Waals surface area (Å²) in [4.78, 5) is 16.6. The number of carbonyl (C=O) groups excluding carboxylic acids is 1. The van der Waals surface area contributed by atoms with Crippen molar-refractivity contribution < 1.29 is 22.4 Å². The number of halogens is 4. The second-order valence-corrected chi connectivity index (χ2v) is 7.39. The zero-order chi connectivity index (χ0) is 22.2. The van der Waals surface area contributed by atoms with Gasteiger partial charge in [0.1, 0.15) is 11.5 Å². The Labute approximate surface area is 176 Å². The van der Waals surface area contributed by atoms with Crippen molar-refractivity contribution in [2.24, 2.45) is 0 Å². The molecule has 0 N–H and O–H groups in total. The summed E-state index contributed by atoms with van der Waals surface area (Å²) < 4.78 is 54.0. The number of aryl methyl sites for hydroxylation is 1. The van der Waals surface area contributed by atoms with Gasteiger partial charge in [0.25, 0.3) is 5.91 Å². The van der Waals surface area contributed by atoms with Crippen molar-refractivity contribution in [3.8, 4) is 5.69 Å². The number of piperazine rings is 1. The Morgan fingerprint density at radius 3 is 2.29 bits per heavy atom. The van der Waals surface area contributed by atoms with Crippen LogP contribution in [-0.4, -0.2) is 46.8 Å². The third-order valence-electron chi connectivity index (χ3n) is 5.21. The summed E-state index contributed by atoms with van der Waals surface area (Å²) in [5.74, 6) is -0.688. The Balaban J connectivity index is 1.50.